The van der Waals surface area contributed by atoms with Crippen LogP contribution in [0.5, 0.6) is 0 Å². The van der Waals surface area contributed by atoms with Crippen molar-refractivity contribution in [3.05, 3.63) is 35.1 Å². The molecule has 0 aliphatic heterocycles. The Hall–Kier alpha value is -1.38. The third kappa shape index (κ3) is 2.65. The average molecular weight is 235 g/mol. The highest BCUT2D eigenvalue weighted by Gasteiger charge is 2.22. The van der Waals surface area contributed by atoms with Gasteiger partial charge >= 0.3 is 0 Å². The molecule has 17 heavy (non-hydrogen) atoms. The van der Waals surface area contributed by atoms with Gasteiger partial charge in [-0.05, 0) is 42.5 Å². The lowest BCUT2D eigenvalue weighted by Gasteiger charge is -2.27. The van der Waals surface area contributed by atoms with Crippen LogP contribution in [0.3, 0.4) is 0 Å². The third-order valence-corrected chi connectivity index (χ3v) is 3.26. The molecule has 0 fully saturated rings. The predicted octanol–water partition coefficient (Wildman–Crippen LogP) is 2.98. The molecule has 92 valence electrons. The summed E-state index contributed by atoms with van der Waals surface area (Å²) in [6.45, 7) is 3.73. The van der Waals surface area contributed by atoms with Crippen LogP contribution in [0.1, 0.15) is 43.9 Å². The van der Waals surface area contributed by atoms with Crippen LogP contribution in [-0.2, 0) is 11.2 Å². The zero-order chi connectivity index (χ0) is 12.4. The minimum absolute atomic E-state index is 0.0238. The summed E-state index contributed by atoms with van der Waals surface area (Å²) in [5, 5.41) is 3.00. The highest BCUT2D eigenvalue weighted by Crippen LogP contribution is 2.30. The van der Waals surface area contributed by atoms with E-state index in [0.717, 1.165) is 30.4 Å². The van der Waals surface area contributed by atoms with Crippen LogP contribution in [0.15, 0.2) is 18.2 Å². The smallest absolute Gasteiger partial charge is 0.223 e. The van der Waals surface area contributed by atoms with E-state index in [4.69, 9.17) is 0 Å². The number of halogens is 1. The van der Waals surface area contributed by atoms with Crippen LogP contribution in [0.4, 0.5) is 4.39 Å². The Morgan fingerprint density at radius 2 is 2.24 bits per heavy atom. The topological polar surface area (TPSA) is 29.1 Å². The first kappa shape index (κ1) is 12.1. The van der Waals surface area contributed by atoms with Crippen LogP contribution >= 0.6 is 0 Å². The minimum Gasteiger partial charge on any atom is -0.349 e. The largest absolute Gasteiger partial charge is 0.349 e. The monoisotopic (exact) mass is 235 g/mol. The van der Waals surface area contributed by atoms with Crippen molar-refractivity contribution in [2.75, 3.05) is 0 Å². The number of carbonyl (C=O) groups excluding carboxylic acids is 1. The fraction of sp³-hybridized carbons (Fsp3) is 0.500. The number of hydrogen-bond donors (Lipinski definition) is 1. The van der Waals surface area contributed by atoms with Gasteiger partial charge in [-0.2, -0.15) is 0 Å². The van der Waals surface area contributed by atoms with Crippen molar-refractivity contribution in [1.82, 2.24) is 5.32 Å². The number of amides is 1. The summed E-state index contributed by atoms with van der Waals surface area (Å²) in [4.78, 5) is 11.7. The molecule has 0 heterocycles. The Morgan fingerprint density at radius 1 is 1.47 bits per heavy atom. The molecule has 1 aliphatic rings. The van der Waals surface area contributed by atoms with Gasteiger partial charge in [0, 0.05) is 5.92 Å². The van der Waals surface area contributed by atoms with E-state index in [1.54, 1.807) is 6.07 Å². The standard InChI is InChI=1S/C14H18FNO/c1-9(2)14(17)16-13-5-3-4-10-6-7-11(15)8-12(10)13/h6-9,13H,3-5H2,1-2H3,(H,16,17). The molecular formula is C14H18FNO. The van der Waals surface area contributed by atoms with Crippen LogP contribution in [0.25, 0.3) is 0 Å². The SMILES string of the molecule is CC(C)C(=O)NC1CCCc2ccc(F)cc21. The summed E-state index contributed by atoms with van der Waals surface area (Å²) < 4.78 is 13.3. The molecule has 2 rings (SSSR count). The van der Waals surface area contributed by atoms with Gasteiger partial charge in [-0.1, -0.05) is 19.9 Å². The molecule has 1 aliphatic carbocycles. The predicted molar refractivity (Wildman–Crippen MR) is 65.1 cm³/mol. The molecule has 0 radical (unpaired) electrons. The van der Waals surface area contributed by atoms with Gasteiger partial charge in [-0.15, -0.1) is 0 Å². The quantitative estimate of drug-likeness (QED) is 0.839. The maximum Gasteiger partial charge on any atom is 0.223 e. The number of hydrogen-bond acceptors (Lipinski definition) is 1. The van der Waals surface area contributed by atoms with Gasteiger partial charge in [-0.25, -0.2) is 4.39 Å². The Kier molecular flexibility index (Phi) is 3.46. The van der Waals surface area contributed by atoms with E-state index < -0.39 is 0 Å². The summed E-state index contributed by atoms with van der Waals surface area (Å²) in [5.74, 6) is -0.226. The van der Waals surface area contributed by atoms with E-state index in [0.29, 0.717) is 0 Å². The van der Waals surface area contributed by atoms with Gasteiger partial charge in [0.05, 0.1) is 6.04 Å². The van der Waals surface area contributed by atoms with E-state index in [-0.39, 0.29) is 23.7 Å². The number of benzene rings is 1. The zero-order valence-electron chi connectivity index (χ0n) is 10.3. The van der Waals surface area contributed by atoms with E-state index in [1.807, 2.05) is 19.9 Å². The second-order valence-electron chi connectivity index (χ2n) is 4.95. The van der Waals surface area contributed by atoms with Crippen molar-refractivity contribution >= 4 is 5.91 Å². The number of fused-ring (bicyclic) bond motifs is 1. The number of nitrogens with one attached hydrogen (secondary N) is 1. The van der Waals surface area contributed by atoms with Gasteiger partial charge in [0.2, 0.25) is 5.91 Å². The number of carbonyl (C=O) groups is 1. The van der Waals surface area contributed by atoms with E-state index in [1.165, 1.54) is 6.07 Å². The Bertz CT molecular complexity index is 428. The molecule has 1 amide bonds. The van der Waals surface area contributed by atoms with Crippen LogP contribution in [0.2, 0.25) is 0 Å². The summed E-state index contributed by atoms with van der Waals surface area (Å²) in [7, 11) is 0. The van der Waals surface area contributed by atoms with Gasteiger partial charge in [-0.3, -0.25) is 4.79 Å². The molecular weight excluding hydrogens is 217 g/mol. The zero-order valence-corrected chi connectivity index (χ0v) is 10.3. The first-order valence-electron chi connectivity index (χ1n) is 6.16. The van der Waals surface area contributed by atoms with Crippen molar-refractivity contribution in [2.45, 2.75) is 39.2 Å². The molecule has 1 aromatic rings. The summed E-state index contributed by atoms with van der Waals surface area (Å²) in [6, 6.07) is 4.85. The highest BCUT2D eigenvalue weighted by atomic mass is 19.1. The molecule has 1 N–H and O–H groups in total. The number of aryl methyl sites for hydroxylation is 1. The Labute approximate surface area is 101 Å². The summed E-state index contributed by atoms with van der Waals surface area (Å²) in [6.07, 6.45) is 2.92. The van der Waals surface area contributed by atoms with Crippen LogP contribution < -0.4 is 5.32 Å². The van der Waals surface area contributed by atoms with Gasteiger partial charge < -0.3 is 5.32 Å². The third-order valence-electron chi connectivity index (χ3n) is 3.26. The molecule has 1 unspecified atom stereocenters. The van der Waals surface area contributed by atoms with Gasteiger partial charge in [0.15, 0.2) is 0 Å². The molecule has 3 heteroatoms. The molecule has 1 atom stereocenters. The first-order valence-corrected chi connectivity index (χ1v) is 6.16. The van der Waals surface area contributed by atoms with Crippen molar-refractivity contribution in [1.29, 1.82) is 0 Å². The van der Waals surface area contributed by atoms with Gasteiger partial charge in [0.25, 0.3) is 0 Å². The second kappa shape index (κ2) is 4.86. The highest BCUT2D eigenvalue weighted by molar-refractivity contribution is 5.78. The molecule has 0 saturated heterocycles. The average Bonchev–Trinajstić information content (AvgIpc) is 2.29. The molecule has 1 aromatic carbocycles. The maximum absolute atomic E-state index is 13.3. The van der Waals surface area contributed by atoms with Crippen molar-refractivity contribution in [3.63, 3.8) is 0 Å². The fourth-order valence-corrected chi connectivity index (χ4v) is 2.26. The summed E-state index contributed by atoms with van der Waals surface area (Å²) in [5.41, 5.74) is 2.11. The number of rotatable bonds is 2. The van der Waals surface area contributed by atoms with Crippen LogP contribution in [0, 0.1) is 11.7 Å². The first-order chi connectivity index (χ1) is 8.08. The second-order valence-corrected chi connectivity index (χ2v) is 4.95. The minimum atomic E-state index is -0.227. The molecule has 0 bridgehead atoms. The lowest BCUT2D eigenvalue weighted by Crippen LogP contribution is -2.33. The van der Waals surface area contributed by atoms with Crippen molar-refractivity contribution in [3.8, 4) is 0 Å². The lowest BCUT2D eigenvalue weighted by atomic mass is 9.87. The fourth-order valence-electron chi connectivity index (χ4n) is 2.26. The molecule has 0 saturated carbocycles. The Morgan fingerprint density at radius 3 is 2.94 bits per heavy atom. The summed E-state index contributed by atoms with van der Waals surface area (Å²) >= 11 is 0. The maximum atomic E-state index is 13.3. The van der Waals surface area contributed by atoms with E-state index >= 15 is 0 Å². The molecule has 0 aromatic heterocycles. The van der Waals surface area contributed by atoms with Crippen molar-refractivity contribution in [2.24, 2.45) is 5.92 Å². The van der Waals surface area contributed by atoms with E-state index in [9.17, 15) is 9.18 Å². The van der Waals surface area contributed by atoms with Gasteiger partial charge in [0.1, 0.15) is 5.82 Å². The molecule has 0 spiro atoms. The lowest BCUT2D eigenvalue weighted by molar-refractivity contribution is -0.124. The normalized spacial score (nSPS) is 18.9. The Balaban J connectivity index is 2.22. The van der Waals surface area contributed by atoms with Crippen molar-refractivity contribution < 1.29 is 9.18 Å². The van der Waals surface area contributed by atoms with Crippen LogP contribution in [-0.4, -0.2) is 5.91 Å². The van der Waals surface area contributed by atoms with E-state index in [2.05, 4.69) is 5.32 Å². The molecule has 2 nitrogen and oxygen atoms in total.